The van der Waals surface area contributed by atoms with Crippen LogP contribution in [0.4, 0.5) is 4.39 Å². The number of imidazole rings is 1. The summed E-state index contributed by atoms with van der Waals surface area (Å²) in [5.41, 5.74) is 1.93. The third-order valence-corrected chi connectivity index (χ3v) is 4.22. The molecule has 2 heterocycles. The van der Waals surface area contributed by atoms with E-state index in [1.54, 1.807) is 17.0 Å². The molecule has 0 saturated carbocycles. The molecule has 0 bridgehead atoms. The number of aromatic nitrogens is 2. The average Bonchev–Trinajstić information content (AvgIpc) is 2.96. The molecule has 1 aliphatic rings. The molecule has 1 aromatic heterocycles. The zero-order valence-electron chi connectivity index (χ0n) is 12.9. The number of likely N-dealkylation sites (tertiary alicyclic amines) is 1. The van der Waals surface area contributed by atoms with E-state index in [4.69, 9.17) is 4.74 Å². The van der Waals surface area contributed by atoms with Gasteiger partial charge in [-0.15, -0.1) is 0 Å². The largest absolute Gasteiger partial charge is 0.481 e. The van der Waals surface area contributed by atoms with E-state index in [0.717, 1.165) is 16.9 Å². The molecule has 0 unspecified atom stereocenters. The first kappa shape index (κ1) is 14.7. The second-order valence-electron chi connectivity index (χ2n) is 5.85. The first-order chi connectivity index (χ1) is 11.7. The molecule has 2 aromatic carbocycles. The summed E-state index contributed by atoms with van der Waals surface area (Å²) in [5.74, 6) is 0.588. The van der Waals surface area contributed by atoms with Crippen molar-refractivity contribution in [3.63, 3.8) is 0 Å². The van der Waals surface area contributed by atoms with Crippen molar-refractivity contribution in [2.45, 2.75) is 5.92 Å². The van der Waals surface area contributed by atoms with E-state index in [1.807, 2.05) is 24.3 Å². The molecule has 0 atom stereocenters. The number of halogens is 1. The van der Waals surface area contributed by atoms with Gasteiger partial charge in [0.15, 0.2) is 18.2 Å². The second kappa shape index (κ2) is 5.96. The van der Waals surface area contributed by atoms with E-state index >= 15 is 0 Å². The van der Waals surface area contributed by atoms with E-state index in [9.17, 15) is 9.18 Å². The minimum atomic E-state index is -0.464. The van der Waals surface area contributed by atoms with Crippen LogP contribution in [-0.4, -0.2) is 40.5 Å². The number of hydrogen-bond acceptors (Lipinski definition) is 3. The van der Waals surface area contributed by atoms with E-state index in [-0.39, 0.29) is 24.2 Å². The number of para-hydroxylation sites is 3. The van der Waals surface area contributed by atoms with Gasteiger partial charge in [0.2, 0.25) is 0 Å². The van der Waals surface area contributed by atoms with Gasteiger partial charge < -0.3 is 14.6 Å². The number of amides is 1. The van der Waals surface area contributed by atoms with Crippen molar-refractivity contribution in [3.05, 3.63) is 60.2 Å². The zero-order chi connectivity index (χ0) is 16.5. The fourth-order valence-electron chi connectivity index (χ4n) is 2.81. The zero-order valence-corrected chi connectivity index (χ0v) is 12.9. The lowest BCUT2D eigenvalue weighted by Gasteiger charge is -2.38. The van der Waals surface area contributed by atoms with Crippen LogP contribution in [0.25, 0.3) is 11.0 Å². The van der Waals surface area contributed by atoms with Gasteiger partial charge in [0, 0.05) is 13.1 Å². The Morgan fingerprint density at radius 3 is 2.75 bits per heavy atom. The van der Waals surface area contributed by atoms with Crippen molar-refractivity contribution in [2.24, 2.45) is 0 Å². The van der Waals surface area contributed by atoms with Crippen molar-refractivity contribution < 1.29 is 13.9 Å². The Balaban J connectivity index is 1.33. The average molecular weight is 325 g/mol. The van der Waals surface area contributed by atoms with E-state index < -0.39 is 5.82 Å². The summed E-state index contributed by atoms with van der Waals surface area (Å²) >= 11 is 0. The summed E-state index contributed by atoms with van der Waals surface area (Å²) in [6.07, 6.45) is 0. The summed E-state index contributed by atoms with van der Waals surface area (Å²) in [6, 6.07) is 13.9. The molecule has 4 rings (SSSR count). The Kier molecular flexibility index (Phi) is 3.65. The highest BCUT2D eigenvalue weighted by atomic mass is 19.1. The van der Waals surface area contributed by atoms with Gasteiger partial charge in [0.25, 0.3) is 5.91 Å². The molecule has 3 aromatic rings. The summed E-state index contributed by atoms with van der Waals surface area (Å²) in [4.78, 5) is 21.7. The number of benzene rings is 2. The lowest BCUT2D eigenvalue weighted by atomic mass is 9.99. The molecule has 0 aliphatic carbocycles. The number of aromatic amines is 1. The van der Waals surface area contributed by atoms with Crippen LogP contribution in [0.5, 0.6) is 5.75 Å². The SMILES string of the molecule is O=C(COc1ccccc1F)N1CC(c2nc3ccccc3[nH]2)C1. The molecule has 1 fully saturated rings. The third kappa shape index (κ3) is 2.71. The van der Waals surface area contributed by atoms with E-state index in [2.05, 4.69) is 9.97 Å². The van der Waals surface area contributed by atoms with Crippen LogP contribution in [0.15, 0.2) is 48.5 Å². The number of nitrogens with one attached hydrogen (secondary N) is 1. The normalized spacial score (nSPS) is 14.6. The Morgan fingerprint density at radius 1 is 1.21 bits per heavy atom. The fourth-order valence-corrected chi connectivity index (χ4v) is 2.81. The summed E-state index contributed by atoms with van der Waals surface area (Å²) < 4.78 is 18.7. The van der Waals surface area contributed by atoms with Gasteiger partial charge in [-0.2, -0.15) is 0 Å². The van der Waals surface area contributed by atoms with E-state index in [0.29, 0.717) is 13.1 Å². The molecule has 6 heteroatoms. The van der Waals surface area contributed by atoms with Gasteiger partial charge in [-0.3, -0.25) is 4.79 Å². The van der Waals surface area contributed by atoms with Crippen LogP contribution in [0.3, 0.4) is 0 Å². The number of carbonyl (C=O) groups is 1. The lowest BCUT2D eigenvalue weighted by Crippen LogP contribution is -2.50. The second-order valence-corrected chi connectivity index (χ2v) is 5.85. The monoisotopic (exact) mass is 325 g/mol. The molecule has 1 N–H and O–H groups in total. The summed E-state index contributed by atoms with van der Waals surface area (Å²) in [7, 11) is 0. The maximum atomic E-state index is 13.5. The quantitative estimate of drug-likeness (QED) is 0.802. The molecule has 122 valence electrons. The van der Waals surface area contributed by atoms with Gasteiger partial charge in [0.05, 0.1) is 17.0 Å². The Labute approximate surface area is 138 Å². The van der Waals surface area contributed by atoms with Gasteiger partial charge in [-0.25, -0.2) is 9.37 Å². The van der Waals surface area contributed by atoms with Crippen molar-refractivity contribution >= 4 is 16.9 Å². The maximum Gasteiger partial charge on any atom is 0.260 e. The molecule has 1 saturated heterocycles. The van der Waals surface area contributed by atoms with Gasteiger partial charge in [-0.1, -0.05) is 24.3 Å². The first-order valence-electron chi connectivity index (χ1n) is 7.80. The first-order valence-corrected chi connectivity index (χ1v) is 7.80. The molecule has 0 spiro atoms. The van der Waals surface area contributed by atoms with E-state index in [1.165, 1.54) is 12.1 Å². The minimum Gasteiger partial charge on any atom is -0.481 e. The van der Waals surface area contributed by atoms with Crippen molar-refractivity contribution in [1.29, 1.82) is 0 Å². The third-order valence-electron chi connectivity index (χ3n) is 4.22. The maximum absolute atomic E-state index is 13.5. The van der Waals surface area contributed by atoms with Crippen molar-refractivity contribution in [3.8, 4) is 5.75 Å². The van der Waals surface area contributed by atoms with Crippen LogP contribution in [0.2, 0.25) is 0 Å². The number of nitrogens with zero attached hydrogens (tertiary/aromatic N) is 2. The highest BCUT2D eigenvalue weighted by molar-refractivity contribution is 5.79. The Bertz CT molecular complexity index is 854. The Hall–Kier alpha value is -2.89. The molecule has 1 aliphatic heterocycles. The van der Waals surface area contributed by atoms with Crippen molar-refractivity contribution in [1.82, 2.24) is 14.9 Å². The van der Waals surface area contributed by atoms with Gasteiger partial charge in [0.1, 0.15) is 5.82 Å². The highest BCUT2D eigenvalue weighted by Gasteiger charge is 2.33. The number of fused-ring (bicyclic) bond motifs is 1. The van der Waals surface area contributed by atoms with Crippen LogP contribution >= 0.6 is 0 Å². The summed E-state index contributed by atoms with van der Waals surface area (Å²) in [6.45, 7) is 1.03. The van der Waals surface area contributed by atoms with Crippen LogP contribution < -0.4 is 4.74 Å². The molecule has 0 radical (unpaired) electrons. The van der Waals surface area contributed by atoms with Gasteiger partial charge in [-0.05, 0) is 24.3 Å². The number of carbonyl (C=O) groups excluding carboxylic acids is 1. The number of hydrogen-bond donors (Lipinski definition) is 1. The Morgan fingerprint density at radius 2 is 1.96 bits per heavy atom. The lowest BCUT2D eigenvalue weighted by molar-refractivity contribution is -0.138. The smallest absolute Gasteiger partial charge is 0.260 e. The fraction of sp³-hybridized carbons (Fsp3) is 0.222. The predicted octanol–water partition coefficient (Wildman–Crippen LogP) is 2.71. The molecule has 24 heavy (non-hydrogen) atoms. The number of rotatable bonds is 4. The topological polar surface area (TPSA) is 58.2 Å². The van der Waals surface area contributed by atoms with Crippen LogP contribution in [-0.2, 0) is 4.79 Å². The number of H-pyrrole nitrogens is 1. The van der Waals surface area contributed by atoms with Gasteiger partial charge >= 0.3 is 0 Å². The standard InChI is InChI=1S/C18H16FN3O2/c19-13-5-1-4-8-16(13)24-11-17(23)22-9-12(10-22)18-20-14-6-2-3-7-15(14)21-18/h1-8,12H,9-11H2,(H,20,21). The highest BCUT2D eigenvalue weighted by Crippen LogP contribution is 2.27. The molecular formula is C18H16FN3O2. The molecule has 5 nitrogen and oxygen atoms in total. The predicted molar refractivity (Wildman–Crippen MR) is 87.3 cm³/mol. The summed E-state index contributed by atoms with van der Waals surface area (Å²) in [5, 5.41) is 0. The van der Waals surface area contributed by atoms with Crippen LogP contribution in [0, 0.1) is 5.82 Å². The van der Waals surface area contributed by atoms with Crippen LogP contribution in [0.1, 0.15) is 11.7 Å². The minimum absolute atomic E-state index is 0.0974. The molecule has 1 amide bonds. The molecular weight excluding hydrogens is 309 g/mol. The number of ether oxygens (including phenoxy) is 1. The van der Waals surface area contributed by atoms with Crippen molar-refractivity contribution in [2.75, 3.05) is 19.7 Å².